The van der Waals surface area contributed by atoms with Crippen molar-refractivity contribution in [3.63, 3.8) is 0 Å². The summed E-state index contributed by atoms with van der Waals surface area (Å²) in [4.78, 5) is 25.4. The molecular weight excluding hydrogens is 274 g/mol. The van der Waals surface area contributed by atoms with Gasteiger partial charge in [0.15, 0.2) is 0 Å². The van der Waals surface area contributed by atoms with Crippen LogP contribution in [0.2, 0.25) is 0 Å². The van der Waals surface area contributed by atoms with Crippen LogP contribution >= 0.6 is 11.8 Å². The number of anilines is 1. The van der Waals surface area contributed by atoms with Gasteiger partial charge in [-0.15, -0.1) is 11.8 Å². The van der Waals surface area contributed by atoms with E-state index in [1.165, 1.54) is 0 Å². The summed E-state index contributed by atoms with van der Waals surface area (Å²) < 4.78 is 0. The maximum absolute atomic E-state index is 12.6. The van der Waals surface area contributed by atoms with Crippen LogP contribution in [0.25, 0.3) is 0 Å². The summed E-state index contributed by atoms with van der Waals surface area (Å²) >= 11 is 1.72. The molecule has 0 bridgehead atoms. The van der Waals surface area contributed by atoms with Crippen molar-refractivity contribution < 1.29 is 14.7 Å². The first-order valence-corrected chi connectivity index (χ1v) is 7.95. The number of para-hydroxylation sites is 1. The Hall–Kier alpha value is -1.49. The highest BCUT2D eigenvalue weighted by Crippen LogP contribution is 2.40. The highest BCUT2D eigenvalue weighted by atomic mass is 32.2. The fourth-order valence-electron chi connectivity index (χ4n) is 3.04. The van der Waals surface area contributed by atoms with Gasteiger partial charge in [-0.1, -0.05) is 18.2 Å². The van der Waals surface area contributed by atoms with Crippen molar-refractivity contribution in [1.82, 2.24) is 0 Å². The number of benzene rings is 1. The van der Waals surface area contributed by atoms with Gasteiger partial charge in [-0.3, -0.25) is 9.59 Å². The molecule has 1 saturated heterocycles. The fourth-order valence-corrected chi connectivity index (χ4v) is 4.26. The molecule has 2 heterocycles. The summed E-state index contributed by atoms with van der Waals surface area (Å²) in [6, 6.07) is 7.68. The largest absolute Gasteiger partial charge is 0.481 e. The predicted octanol–water partition coefficient (Wildman–Crippen LogP) is 2.49. The van der Waals surface area contributed by atoms with Gasteiger partial charge in [-0.05, 0) is 30.2 Å². The van der Waals surface area contributed by atoms with Crippen LogP contribution in [-0.2, 0) is 9.59 Å². The first-order valence-electron chi connectivity index (χ1n) is 6.90. The lowest BCUT2D eigenvalue weighted by Gasteiger charge is -2.21. The van der Waals surface area contributed by atoms with Gasteiger partial charge in [0, 0.05) is 18.2 Å². The molecule has 1 aromatic rings. The number of aliphatic carboxylic acids is 1. The molecule has 2 unspecified atom stereocenters. The molecule has 1 fully saturated rings. The first-order chi connectivity index (χ1) is 9.66. The summed E-state index contributed by atoms with van der Waals surface area (Å²) in [5, 5.41) is 9.08. The van der Waals surface area contributed by atoms with Crippen molar-refractivity contribution in [2.45, 2.75) is 30.4 Å². The minimum absolute atomic E-state index is 0.0478. The van der Waals surface area contributed by atoms with Gasteiger partial charge < -0.3 is 10.0 Å². The third-order valence-electron chi connectivity index (χ3n) is 3.96. The molecule has 0 aliphatic carbocycles. The second-order valence-electron chi connectivity index (χ2n) is 5.30. The Morgan fingerprint density at radius 2 is 2.15 bits per heavy atom. The second-order valence-corrected chi connectivity index (χ2v) is 6.61. The fraction of sp³-hybridized carbons (Fsp3) is 0.467. The summed E-state index contributed by atoms with van der Waals surface area (Å²) in [7, 11) is 0. The quantitative estimate of drug-likeness (QED) is 0.929. The number of rotatable bonds is 3. The van der Waals surface area contributed by atoms with E-state index in [1.807, 2.05) is 24.3 Å². The standard InChI is InChI=1S/C15H17NO3S/c17-14(18)8-10-9-16(12-5-2-1-4-11(10)12)15(19)13-6-3-7-20-13/h1-2,4-5,10,13H,3,6-9H2,(H,17,18). The predicted molar refractivity (Wildman–Crippen MR) is 79.3 cm³/mol. The monoisotopic (exact) mass is 291 g/mol. The van der Waals surface area contributed by atoms with Gasteiger partial charge >= 0.3 is 5.97 Å². The average Bonchev–Trinajstić information content (AvgIpc) is 3.06. The Morgan fingerprint density at radius 3 is 2.85 bits per heavy atom. The number of carboxylic acids is 1. The highest BCUT2D eigenvalue weighted by molar-refractivity contribution is 8.00. The molecule has 3 rings (SSSR count). The topological polar surface area (TPSA) is 57.6 Å². The van der Waals surface area contributed by atoms with Gasteiger partial charge in [0.25, 0.3) is 0 Å². The summed E-state index contributed by atoms with van der Waals surface area (Å²) in [5.41, 5.74) is 1.89. The van der Waals surface area contributed by atoms with Gasteiger partial charge in [-0.2, -0.15) is 0 Å². The molecule has 5 heteroatoms. The van der Waals surface area contributed by atoms with E-state index in [-0.39, 0.29) is 23.5 Å². The number of amides is 1. The molecule has 20 heavy (non-hydrogen) atoms. The SMILES string of the molecule is O=C(O)CC1CN(C(=O)C2CCCS2)c2ccccc21. The second kappa shape index (κ2) is 5.48. The molecule has 0 saturated carbocycles. The third kappa shape index (κ3) is 2.42. The molecule has 2 atom stereocenters. The minimum Gasteiger partial charge on any atom is -0.481 e. The van der Waals surface area contributed by atoms with Crippen LogP contribution in [0.1, 0.15) is 30.7 Å². The van der Waals surface area contributed by atoms with Crippen molar-refractivity contribution >= 4 is 29.3 Å². The van der Waals surface area contributed by atoms with E-state index < -0.39 is 5.97 Å². The van der Waals surface area contributed by atoms with Gasteiger partial charge in [-0.25, -0.2) is 0 Å². The molecule has 0 spiro atoms. The number of hydrogen-bond acceptors (Lipinski definition) is 3. The summed E-state index contributed by atoms with van der Waals surface area (Å²) in [6.45, 7) is 0.502. The van der Waals surface area contributed by atoms with Crippen LogP contribution < -0.4 is 4.90 Å². The van der Waals surface area contributed by atoms with E-state index in [0.717, 1.165) is 29.8 Å². The molecule has 2 aliphatic heterocycles. The molecule has 4 nitrogen and oxygen atoms in total. The van der Waals surface area contributed by atoms with E-state index in [4.69, 9.17) is 5.11 Å². The molecular formula is C15H17NO3S. The van der Waals surface area contributed by atoms with Crippen LogP contribution in [0.3, 0.4) is 0 Å². The van der Waals surface area contributed by atoms with E-state index in [1.54, 1.807) is 16.7 Å². The average molecular weight is 291 g/mol. The Bertz CT molecular complexity index is 540. The van der Waals surface area contributed by atoms with E-state index in [0.29, 0.717) is 6.54 Å². The lowest BCUT2D eigenvalue weighted by molar-refractivity contribution is -0.137. The number of fused-ring (bicyclic) bond motifs is 1. The number of hydrogen-bond donors (Lipinski definition) is 1. The van der Waals surface area contributed by atoms with Gasteiger partial charge in [0.05, 0.1) is 11.7 Å². The Labute approximate surface area is 122 Å². The number of carboxylic acid groups (broad SMARTS) is 1. The van der Waals surface area contributed by atoms with E-state index in [2.05, 4.69) is 0 Å². The minimum atomic E-state index is -0.811. The van der Waals surface area contributed by atoms with Gasteiger partial charge in [0.1, 0.15) is 0 Å². The molecule has 1 amide bonds. The maximum atomic E-state index is 12.6. The third-order valence-corrected chi connectivity index (χ3v) is 5.33. The Morgan fingerprint density at radius 1 is 1.35 bits per heavy atom. The lowest BCUT2D eigenvalue weighted by atomic mass is 9.98. The Kier molecular flexibility index (Phi) is 3.70. The maximum Gasteiger partial charge on any atom is 0.304 e. The first kappa shape index (κ1) is 13.5. The molecule has 1 aromatic carbocycles. The van der Waals surface area contributed by atoms with Crippen molar-refractivity contribution in [2.75, 3.05) is 17.2 Å². The van der Waals surface area contributed by atoms with Crippen LogP contribution in [0.4, 0.5) is 5.69 Å². The van der Waals surface area contributed by atoms with Gasteiger partial charge in [0.2, 0.25) is 5.91 Å². The zero-order valence-electron chi connectivity index (χ0n) is 11.1. The normalized spacial score (nSPS) is 24.7. The van der Waals surface area contributed by atoms with Crippen molar-refractivity contribution in [3.8, 4) is 0 Å². The molecule has 0 aromatic heterocycles. The smallest absolute Gasteiger partial charge is 0.304 e. The molecule has 0 radical (unpaired) electrons. The summed E-state index contributed by atoms with van der Waals surface area (Å²) in [5.74, 6) is 0.297. The van der Waals surface area contributed by atoms with Crippen molar-refractivity contribution in [3.05, 3.63) is 29.8 Å². The molecule has 1 N–H and O–H groups in total. The lowest BCUT2D eigenvalue weighted by Crippen LogP contribution is -2.36. The van der Waals surface area contributed by atoms with Crippen LogP contribution in [0.15, 0.2) is 24.3 Å². The van der Waals surface area contributed by atoms with Crippen LogP contribution in [0.5, 0.6) is 0 Å². The Balaban J connectivity index is 1.86. The number of nitrogens with zero attached hydrogens (tertiary/aromatic N) is 1. The zero-order chi connectivity index (χ0) is 14.1. The molecule has 2 aliphatic rings. The van der Waals surface area contributed by atoms with Crippen LogP contribution in [0, 0.1) is 0 Å². The van der Waals surface area contributed by atoms with Crippen molar-refractivity contribution in [2.24, 2.45) is 0 Å². The number of carbonyl (C=O) groups excluding carboxylic acids is 1. The highest BCUT2D eigenvalue weighted by Gasteiger charge is 2.37. The summed E-state index contributed by atoms with van der Waals surface area (Å²) in [6.07, 6.45) is 2.11. The van der Waals surface area contributed by atoms with Crippen molar-refractivity contribution in [1.29, 1.82) is 0 Å². The van der Waals surface area contributed by atoms with E-state index >= 15 is 0 Å². The number of thioether (sulfide) groups is 1. The van der Waals surface area contributed by atoms with Crippen LogP contribution in [-0.4, -0.2) is 34.5 Å². The number of carbonyl (C=O) groups is 2. The molecule has 106 valence electrons. The zero-order valence-corrected chi connectivity index (χ0v) is 11.9. The van der Waals surface area contributed by atoms with E-state index in [9.17, 15) is 9.59 Å².